The summed E-state index contributed by atoms with van der Waals surface area (Å²) in [5.41, 5.74) is 5.23. The van der Waals surface area contributed by atoms with Gasteiger partial charge in [0.2, 0.25) is 0 Å². The molecule has 1 saturated carbocycles. The number of benzene rings is 3. The normalized spacial score (nSPS) is 22.0. The highest BCUT2D eigenvalue weighted by molar-refractivity contribution is 5.96. The predicted octanol–water partition coefficient (Wildman–Crippen LogP) is 6.33. The molecule has 3 aliphatic rings. The minimum atomic E-state index is -0.227. The quantitative estimate of drug-likeness (QED) is 0.384. The molecule has 38 heavy (non-hydrogen) atoms. The molecule has 0 bridgehead atoms. The van der Waals surface area contributed by atoms with E-state index in [1.165, 1.54) is 12.0 Å². The first-order chi connectivity index (χ1) is 18.6. The standard InChI is InChI=1S/C33H37FN2O2/c34-18-4-19-35-20-15-25(23-35)8-7-24-9-11-26(12-10-24)31-30-14-13-29(37)21-28(30)22-33(16-17-33)36(31)32(38)27-5-2-1-3-6-27/h1-3,5-6,9-14,21,25,31,37H,4,7-8,15-20,22-23H2. The van der Waals surface area contributed by atoms with Crippen LogP contribution in [0.5, 0.6) is 5.75 Å². The minimum Gasteiger partial charge on any atom is -0.508 e. The Hall–Kier alpha value is -3.18. The van der Waals surface area contributed by atoms with Crippen molar-refractivity contribution in [3.8, 4) is 5.75 Å². The summed E-state index contributed by atoms with van der Waals surface area (Å²) in [7, 11) is 0. The number of nitrogens with zero attached hydrogens (tertiary/aromatic N) is 2. The van der Waals surface area contributed by atoms with Gasteiger partial charge in [0.15, 0.2) is 0 Å². The molecular formula is C33H37FN2O2. The SMILES string of the molecule is O=C(c1ccccc1)N1C(c2ccc(CCC3CCN(CCCF)C3)cc2)c2ccc(O)cc2CC12CC2. The summed E-state index contributed by atoms with van der Waals surface area (Å²) >= 11 is 0. The van der Waals surface area contributed by atoms with Gasteiger partial charge in [-0.25, -0.2) is 0 Å². The van der Waals surface area contributed by atoms with Gasteiger partial charge in [0, 0.05) is 24.2 Å². The predicted molar refractivity (Wildman–Crippen MR) is 148 cm³/mol. The first-order valence-corrected chi connectivity index (χ1v) is 14.1. The van der Waals surface area contributed by atoms with Crippen LogP contribution in [0.1, 0.15) is 70.8 Å². The van der Waals surface area contributed by atoms with E-state index in [2.05, 4.69) is 34.1 Å². The second-order valence-corrected chi connectivity index (χ2v) is 11.5. The monoisotopic (exact) mass is 512 g/mol. The van der Waals surface area contributed by atoms with E-state index in [-0.39, 0.29) is 29.9 Å². The molecule has 3 aromatic rings. The number of likely N-dealkylation sites (tertiary alicyclic amines) is 1. The average Bonchev–Trinajstić information content (AvgIpc) is 3.55. The molecule has 2 heterocycles. The second kappa shape index (κ2) is 10.5. The molecule has 2 aliphatic heterocycles. The maximum Gasteiger partial charge on any atom is 0.255 e. The van der Waals surface area contributed by atoms with Crippen molar-refractivity contribution < 1.29 is 14.3 Å². The Bertz CT molecular complexity index is 1270. The highest BCUT2D eigenvalue weighted by Gasteiger charge is 2.56. The van der Waals surface area contributed by atoms with Crippen molar-refractivity contribution in [1.29, 1.82) is 0 Å². The van der Waals surface area contributed by atoms with E-state index < -0.39 is 0 Å². The number of aryl methyl sites for hydroxylation is 1. The number of rotatable bonds is 8. The van der Waals surface area contributed by atoms with Crippen LogP contribution in [0.15, 0.2) is 72.8 Å². The van der Waals surface area contributed by atoms with Gasteiger partial charge in [-0.05, 0) is 104 Å². The lowest BCUT2D eigenvalue weighted by Crippen LogP contribution is -2.49. The third kappa shape index (κ3) is 4.96. The van der Waals surface area contributed by atoms with Gasteiger partial charge in [-0.1, -0.05) is 48.5 Å². The number of halogens is 1. The Morgan fingerprint density at radius 2 is 1.82 bits per heavy atom. The maximum absolute atomic E-state index is 14.0. The molecule has 3 aromatic carbocycles. The molecule has 5 heteroatoms. The Morgan fingerprint density at radius 1 is 1.03 bits per heavy atom. The number of hydrogen-bond acceptors (Lipinski definition) is 3. The van der Waals surface area contributed by atoms with Gasteiger partial charge in [0.1, 0.15) is 5.75 Å². The lowest BCUT2D eigenvalue weighted by atomic mass is 9.82. The van der Waals surface area contributed by atoms with Crippen molar-refractivity contribution in [3.63, 3.8) is 0 Å². The highest BCUT2D eigenvalue weighted by Crippen LogP contribution is 2.55. The number of aromatic hydroxyl groups is 1. The van der Waals surface area contributed by atoms with E-state index in [4.69, 9.17) is 0 Å². The van der Waals surface area contributed by atoms with Crippen molar-refractivity contribution in [2.75, 3.05) is 26.3 Å². The van der Waals surface area contributed by atoms with E-state index in [1.807, 2.05) is 42.5 Å². The van der Waals surface area contributed by atoms with Gasteiger partial charge < -0.3 is 14.9 Å². The molecule has 1 N–H and O–H groups in total. The third-order valence-corrected chi connectivity index (χ3v) is 8.89. The second-order valence-electron chi connectivity index (χ2n) is 11.5. The van der Waals surface area contributed by atoms with Crippen LogP contribution < -0.4 is 0 Å². The van der Waals surface area contributed by atoms with Crippen LogP contribution in [0.25, 0.3) is 0 Å². The lowest BCUT2D eigenvalue weighted by Gasteiger charge is -2.44. The molecule has 2 unspecified atom stereocenters. The van der Waals surface area contributed by atoms with E-state index in [0.717, 1.165) is 74.0 Å². The van der Waals surface area contributed by atoms with Gasteiger partial charge in [0.05, 0.1) is 12.7 Å². The number of phenolic OH excluding ortho intramolecular Hbond substituents is 1. The third-order valence-electron chi connectivity index (χ3n) is 8.89. The summed E-state index contributed by atoms with van der Waals surface area (Å²) in [4.78, 5) is 18.5. The van der Waals surface area contributed by atoms with E-state index in [1.54, 1.807) is 6.07 Å². The summed E-state index contributed by atoms with van der Waals surface area (Å²) in [6.07, 6.45) is 6.79. The Balaban J connectivity index is 1.25. The molecule has 2 atom stereocenters. The molecule has 198 valence electrons. The summed E-state index contributed by atoms with van der Waals surface area (Å²) < 4.78 is 12.5. The fourth-order valence-corrected chi connectivity index (χ4v) is 6.68. The molecule has 4 nitrogen and oxygen atoms in total. The average molecular weight is 513 g/mol. The Kier molecular flexibility index (Phi) is 6.96. The maximum atomic E-state index is 14.0. The van der Waals surface area contributed by atoms with Gasteiger partial charge in [0.25, 0.3) is 5.91 Å². The highest BCUT2D eigenvalue weighted by atomic mass is 19.1. The molecule has 2 fully saturated rings. The van der Waals surface area contributed by atoms with Crippen LogP contribution in [-0.2, 0) is 12.8 Å². The van der Waals surface area contributed by atoms with Crippen LogP contribution in [0, 0.1) is 5.92 Å². The Morgan fingerprint density at radius 3 is 2.55 bits per heavy atom. The summed E-state index contributed by atoms with van der Waals surface area (Å²) in [6.45, 7) is 2.83. The first kappa shape index (κ1) is 25.1. The van der Waals surface area contributed by atoms with E-state index in [0.29, 0.717) is 12.3 Å². The lowest BCUT2D eigenvalue weighted by molar-refractivity contribution is 0.0541. The first-order valence-electron chi connectivity index (χ1n) is 14.1. The number of alkyl halides is 1. The zero-order valence-corrected chi connectivity index (χ0v) is 22.0. The largest absolute Gasteiger partial charge is 0.508 e. The fourth-order valence-electron chi connectivity index (χ4n) is 6.68. The summed E-state index contributed by atoms with van der Waals surface area (Å²) in [6, 6.07) is 23.9. The summed E-state index contributed by atoms with van der Waals surface area (Å²) in [5, 5.41) is 10.2. The van der Waals surface area contributed by atoms with Crippen molar-refractivity contribution >= 4 is 5.91 Å². The number of carbonyl (C=O) groups excluding carboxylic acids is 1. The van der Waals surface area contributed by atoms with Gasteiger partial charge in [-0.3, -0.25) is 9.18 Å². The number of carbonyl (C=O) groups is 1. The molecule has 6 rings (SSSR count). The van der Waals surface area contributed by atoms with Crippen LogP contribution >= 0.6 is 0 Å². The topological polar surface area (TPSA) is 43.8 Å². The molecule has 1 saturated heterocycles. The van der Waals surface area contributed by atoms with E-state index >= 15 is 0 Å². The number of phenols is 1. The molecular weight excluding hydrogens is 475 g/mol. The molecule has 1 aliphatic carbocycles. The zero-order valence-electron chi connectivity index (χ0n) is 22.0. The smallest absolute Gasteiger partial charge is 0.255 e. The van der Waals surface area contributed by atoms with Crippen LogP contribution in [0.2, 0.25) is 0 Å². The van der Waals surface area contributed by atoms with Crippen molar-refractivity contribution in [2.45, 2.75) is 56.5 Å². The number of hydrogen-bond donors (Lipinski definition) is 1. The van der Waals surface area contributed by atoms with E-state index in [9.17, 15) is 14.3 Å². The van der Waals surface area contributed by atoms with Crippen molar-refractivity contribution in [3.05, 3.63) is 101 Å². The summed E-state index contributed by atoms with van der Waals surface area (Å²) in [5.74, 6) is 1.04. The van der Waals surface area contributed by atoms with Gasteiger partial charge in [-0.2, -0.15) is 0 Å². The molecule has 1 amide bonds. The fraction of sp³-hybridized carbons (Fsp3) is 0.424. The zero-order chi connectivity index (χ0) is 26.1. The van der Waals surface area contributed by atoms with Crippen LogP contribution in [0.4, 0.5) is 4.39 Å². The van der Waals surface area contributed by atoms with Crippen LogP contribution in [0.3, 0.4) is 0 Å². The van der Waals surface area contributed by atoms with Gasteiger partial charge >= 0.3 is 0 Å². The van der Waals surface area contributed by atoms with Crippen LogP contribution in [-0.4, -0.2) is 52.7 Å². The van der Waals surface area contributed by atoms with Gasteiger partial charge in [-0.15, -0.1) is 0 Å². The molecule has 1 spiro atoms. The number of fused-ring (bicyclic) bond motifs is 1. The molecule has 0 radical (unpaired) electrons. The number of amides is 1. The Labute approximate surface area is 225 Å². The molecule has 0 aromatic heterocycles. The van der Waals surface area contributed by atoms with Crippen molar-refractivity contribution in [2.24, 2.45) is 5.92 Å². The minimum absolute atomic E-state index is 0.0782. The van der Waals surface area contributed by atoms with Crippen molar-refractivity contribution in [1.82, 2.24) is 9.80 Å².